The number of primary amides is 1. The summed E-state index contributed by atoms with van der Waals surface area (Å²) in [5.74, 6) is -0.490. The molecule has 1 aromatic rings. The zero-order chi connectivity index (χ0) is 6.69. The smallest absolute Gasteiger partial charge is 0.267 e. The van der Waals surface area contributed by atoms with Crippen LogP contribution in [0.2, 0.25) is 0 Å². The van der Waals surface area contributed by atoms with Crippen molar-refractivity contribution in [3.8, 4) is 0 Å². The number of aromatic nitrogens is 1. The number of hydrogen-bond donors (Lipinski definition) is 1. The first kappa shape index (κ1) is 9.11. The fourth-order valence-corrected chi connectivity index (χ4v) is 0.509. The first-order valence-corrected chi connectivity index (χ1v) is 2.51. The second kappa shape index (κ2) is 4.01. The van der Waals surface area contributed by atoms with Crippen LogP contribution in [0.15, 0.2) is 24.4 Å². The van der Waals surface area contributed by atoms with Crippen LogP contribution >= 0.6 is 0 Å². The van der Waals surface area contributed by atoms with Crippen molar-refractivity contribution in [2.75, 3.05) is 0 Å². The number of carbonyl (C=O) groups is 1. The van der Waals surface area contributed by atoms with Gasteiger partial charge in [0.1, 0.15) is 5.69 Å². The average molecular weight is 181 g/mol. The van der Waals surface area contributed by atoms with Crippen molar-refractivity contribution in [1.29, 1.82) is 0 Å². The van der Waals surface area contributed by atoms with Gasteiger partial charge in [0.25, 0.3) is 5.91 Å². The van der Waals surface area contributed by atoms with Crippen molar-refractivity contribution < 1.29 is 21.3 Å². The van der Waals surface area contributed by atoms with Gasteiger partial charge >= 0.3 is 0 Å². The molecule has 1 amide bonds. The van der Waals surface area contributed by atoms with Gasteiger partial charge in [0, 0.05) is 22.7 Å². The number of hydrogen-bond acceptors (Lipinski definition) is 2. The van der Waals surface area contributed by atoms with Gasteiger partial charge in [-0.15, -0.1) is 0 Å². The zero-order valence-corrected chi connectivity index (χ0v) is 6.05. The maximum Gasteiger partial charge on any atom is 0.267 e. The summed E-state index contributed by atoms with van der Waals surface area (Å²) in [6, 6.07) is 5.02. The van der Waals surface area contributed by atoms with Gasteiger partial charge in [-0.3, -0.25) is 9.78 Å². The van der Waals surface area contributed by atoms with Gasteiger partial charge in [-0.25, -0.2) is 0 Å². The Morgan fingerprint density at radius 2 is 2.20 bits per heavy atom. The molecule has 0 saturated heterocycles. The van der Waals surface area contributed by atoms with E-state index >= 15 is 0 Å². The predicted molar refractivity (Wildman–Crippen MR) is 32.8 cm³/mol. The normalized spacial score (nSPS) is 8.00. The second-order valence-electron chi connectivity index (χ2n) is 1.58. The number of pyridine rings is 1. The van der Waals surface area contributed by atoms with E-state index in [-0.39, 0.29) is 16.5 Å². The fraction of sp³-hybridized carbons (Fsp3) is 0. The third-order valence-corrected chi connectivity index (χ3v) is 0.917. The first-order valence-electron chi connectivity index (χ1n) is 2.51. The van der Waals surface area contributed by atoms with Crippen LogP contribution in [-0.2, 0) is 16.5 Å². The molecule has 1 aromatic heterocycles. The molecule has 10 heavy (non-hydrogen) atoms. The number of carbonyl (C=O) groups excluding carboxylic acids is 1. The minimum absolute atomic E-state index is 0. The van der Waals surface area contributed by atoms with Gasteiger partial charge < -0.3 is 5.73 Å². The van der Waals surface area contributed by atoms with Crippen LogP contribution in [0.5, 0.6) is 0 Å². The Labute approximate surface area is 68.6 Å². The van der Waals surface area contributed by atoms with Gasteiger partial charge in [-0.2, -0.15) is 0 Å². The van der Waals surface area contributed by atoms with Crippen LogP contribution in [0.25, 0.3) is 0 Å². The minimum Gasteiger partial charge on any atom is -0.364 e. The Hall–Kier alpha value is -0.886. The van der Waals surface area contributed by atoms with Crippen LogP contribution in [0.3, 0.4) is 0 Å². The summed E-state index contributed by atoms with van der Waals surface area (Å²) in [5, 5.41) is 0. The van der Waals surface area contributed by atoms with E-state index < -0.39 is 5.91 Å². The summed E-state index contributed by atoms with van der Waals surface area (Å²) >= 11 is 0. The second-order valence-corrected chi connectivity index (χ2v) is 1.58. The quantitative estimate of drug-likeness (QED) is 0.628. The number of amides is 1. The van der Waals surface area contributed by atoms with Gasteiger partial charge in [0.05, 0.1) is 0 Å². The third kappa shape index (κ3) is 2.15. The third-order valence-electron chi connectivity index (χ3n) is 0.917. The molecule has 4 heteroatoms. The largest absolute Gasteiger partial charge is 0.364 e. The maximum atomic E-state index is 10.4. The molecular formula is C6H6N2NiO. The van der Waals surface area contributed by atoms with E-state index in [1.807, 2.05) is 0 Å². The van der Waals surface area contributed by atoms with Crippen LogP contribution in [0, 0.1) is 0 Å². The molecule has 2 N–H and O–H groups in total. The predicted octanol–water partition coefficient (Wildman–Crippen LogP) is 0.178. The Balaban J connectivity index is 0.000000810. The topological polar surface area (TPSA) is 56.0 Å². The molecule has 0 aromatic carbocycles. The molecule has 0 spiro atoms. The van der Waals surface area contributed by atoms with Crippen molar-refractivity contribution in [2.24, 2.45) is 5.73 Å². The molecule has 0 aliphatic carbocycles. The summed E-state index contributed by atoms with van der Waals surface area (Å²) in [5.41, 5.74) is 5.22. The van der Waals surface area contributed by atoms with E-state index in [0.29, 0.717) is 5.69 Å². The van der Waals surface area contributed by atoms with Gasteiger partial charge in [-0.05, 0) is 12.1 Å². The minimum atomic E-state index is -0.490. The van der Waals surface area contributed by atoms with Crippen LogP contribution in [-0.4, -0.2) is 10.9 Å². The van der Waals surface area contributed by atoms with Crippen molar-refractivity contribution in [2.45, 2.75) is 0 Å². The molecule has 1 heterocycles. The monoisotopic (exact) mass is 180 g/mol. The zero-order valence-electron chi connectivity index (χ0n) is 5.06. The molecule has 0 saturated carbocycles. The molecule has 0 radical (unpaired) electrons. The molecule has 0 atom stereocenters. The average Bonchev–Trinajstić information content (AvgIpc) is 1.90. The summed E-state index contributed by atoms with van der Waals surface area (Å²) in [7, 11) is 0. The Bertz CT molecular complexity index is 212. The van der Waals surface area contributed by atoms with Gasteiger partial charge in [-0.1, -0.05) is 6.07 Å². The molecule has 1 rings (SSSR count). The standard InChI is InChI=1S/C6H6N2O.Ni/c7-6(9)5-3-1-2-4-8-5;/h1-4H,(H2,7,9);. The number of rotatable bonds is 1. The molecule has 0 bridgehead atoms. The molecule has 0 unspecified atom stereocenters. The van der Waals surface area contributed by atoms with E-state index in [4.69, 9.17) is 5.73 Å². The van der Waals surface area contributed by atoms with Crippen LogP contribution < -0.4 is 5.73 Å². The van der Waals surface area contributed by atoms with Crippen molar-refractivity contribution in [3.05, 3.63) is 30.1 Å². The molecular weight excluding hydrogens is 175 g/mol. The SMILES string of the molecule is NC(=O)c1ccccn1.[Ni]. The molecule has 0 aliphatic heterocycles. The van der Waals surface area contributed by atoms with Crippen molar-refractivity contribution in [1.82, 2.24) is 4.98 Å². The van der Waals surface area contributed by atoms with Gasteiger partial charge in [0.15, 0.2) is 0 Å². The van der Waals surface area contributed by atoms with Crippen LogP contribution in [0.1, 0.15) is 10.5 Å². The van der Waals surface area contributed by atoms with E-state index in [0.717, 1.165) is 0 Å². The summed E-state index contributed by atoms with van der Waals surface area (Å²) in [6.45, 7) is 0. The van der Waals surface area contributed by atoms with Crippen molar-refractivity contribution in [3.63, 3.8) is 0 Å². The van der Waals surface area contributed by atoms with Gasteiger partial charge in [0.2, 0.25) is 0 Å². The maximum absolute atomic E-state index is 10.4. The van der Waals surface area contributed by atoms with E-state index in [2.05, 4.69) is 4.98 Å². The fourth-order valence-electron chi connectivity index (χ4n) is 0.509. The van der Waals surface area contributed by atoms with Crippen LogP contribution in [0.4, 0.5) is 0 Å². The van der Waals surface area contributed by atoms with E-state index in [1.54, 1.807) is 18.2 Å². The Morgan fingerprint density at radius 1 is 1.50 bits per heavy atom. The molecule has 56 valence electrons. The molecule has 0 fully saturated rings. The van der Waals surface area contributed by atoms with E-state index in [1.165, 1.54) is 6.20 Å². The number of nitrogens with zero attached hydrogens (tertiary/aromatic N) is 1. The number of nitrogens with two attached hydrogens (primary N) is 1. The summed E-state index contributed by atoms with van der Waals surface area (Å²) in [6.07, 6.45) is 1.53. The summed E-state index contributed by atoms with van der Waals surface area (Å²) in [4.78, 5) is 14.1. The molecule has 3 nitrogen and oxygen atoms in total. The molecule has 0 aliphatic rings. The first-order chi connectivity index (χ1) is 4.30. The summed E-state index contributed by atoms with van der Waals surface area (Å²) < 4.78 is 0. The Kier molecular flexibility index (Phi) is 3.66. The van der Waals surface area contributed by atoms with Crippen molar-refractivity contribution >= 4 is 5.91 Å². The Morgan fingerprint density at radius 3 is 2.50 bits per heavy atom. The van der Waals surface area contributed by atoms with E-state index in [9.17, 15) is 4.79 Å².